The van der Waals surface area contributed by atoms with Crippen molar-refractivity contribution in [3.05, 3.63) is 18.5 Å². The summed E-state index contributed by atoms with van der Waals surface area (Å²) in [6, 6.07) is 1.76. The Morgan fingerprint density at radius 1 is 1.22 bits per heavy atom. The Bertz CT molecular complexity index is 600. The fraction of sp³-hybridized carbons (Fsp3) is 0.643. The number of aromatic nitrogens is 2. The number of rotatable bonds is 7. The normalized spacial score (nSPS) is 15.7. The van der Waals surface area contributed by atoms with Crippen LogP contribution in [0.3, 0.4) is 0 Å². The number of sulfonamides is 1. The predicted octanol–water partition coefficient (Wildman–Crippen LogP) is -0.155. The Labute approximate surface area is 137 Å². The lowest BCUT2D eigenvalue weighted by atomic mass is 10.3. The molecular weight excluding hydrogens is 318 g/mol. The molecule has 2 heterocycles. The molecule has 1 aliphatic heterocycles. The Hall–Kier alpha value is -1.74. The van der Waals surface area contributed by atoms with Crippen LogP contribution in [0, 0.1) is 0 Å². The van der Waals surface area contributed by atoms with Crippen LogP contribution >= 0.6 is 0 Å². The van der Waals surface area contributed by atoms with Crippen LogP contribution in [0.2, 0.25) is 0 Å². The summed E-state index contributed by atoms with van der Waals surface area (Å²) in [4.78, 5) is 24.2. The predicted molar refractivity (Wildman–Crippen MR) is 87.5 cm³/mol. The maximum absolute atomic E-state index is 12.1. The van der Waals surface area contributed by atoms with Crippen LogP contribution in [-0.2, 0) is 14.8 Å². The molecule has 2 rings (SSSR count). The molecule has 23 heavy (non-hydrogen) atoms. The van der Waals surface area contributed by atoms with E-state index in [0.717, 1.165) is 6.42 Å². The van der Waals surface area contributed by atoms with E-state index in [2.05, 4.69) is 14.7 Å². The van der Waals surface area contributed by atoms with Gasteiger partial charge in [-0.15, -0.1) is 0 Å². The van der Waals surface area contributed by atoms with Crippen molar-refractivity contribution in [2.24, 2.45) is 0 Å². The third-order valence-electron chi connectivity index (χ3n) is 3.68. The van der Waals surface area contributed by atoms with Crippen LogP contribution in [0.5, 0.6) is 0 Å². The quantitative estimate of drug-likeness (QED) is 0.741. The number of piperazine rings is 1. The molecule has 0 aromatic carbocycles. The third-order valence-corrected chi connectivity index (χ3v) is 5.09. The topological polar surface area (TPSA) is 95.5 Å². The van der Waals surface area contributed by atoms with E-state index in [0.29, 0.717) is 38.5 Å². The van der Waals surface area contributed by atoms with Gasteiger partial charge in [0.15, 0.2) is 0 Å². The molecule has 1 N–H and O–H groups in total. The van der Waals surface area contributed by atoms with Crippen molar-refractivity contribution >= 4 is 21.9 Å². The van der Waals surface area contributed by atoms with Crippen molar-refractivity contribution in [2.45, 2.75) is 19.8 Å². The monoisotopic (exact) mass is 341 g/mol. The van der Waals surface area contributed by atoms with Crippen LogP contribution in [0.4, 0.5) is 5.95 Å². The molecule has 128 valence electrons. The lowest BCUT2D eigenvalue weighted by Crippen LogP contribution is -2.51. The highest BCUT2D eigenvalue weighted by Crippen LogP contribution is 2.09. The van der Waals surface area contributed by atoms with Gasteiger partial charge in [0.1, 0.15) is 0 Å². The average Bonchev–Trinajstić information content (AvgIpc) is 2.59. The maximum Gasteiger partial charge on any atom is 0.237 e. The summed E-state index contributed by atoms with van der Waals surface area (Å²) in [5, 5.41) is 0. The first-order valence-corrected chi connectivity index (χ1v) is 9.44. The van der Waals surface area contributed by atoms with Crippen LogP contribution in [0.25, 0.3) is 0 Å². The number of nitrogens with one attached hydrogen (secondary N) is 1. The second kappa shape index (κ2) is 8.21. The molecule has 1 amide bonds. The standard InChI is InChI=1S/C14H23N5O3S/c1-2-3-11-23(21,22)17-12-13(20)18-7-9-19(10-8-18)14-15-5-4-6-16-14/h4-6,17H,2-3,7-12H2,1H3. The van der Waals surface area contributed by atoms with Crippen LogP contribution in [0.15, 0.2) is 18.5 Å². The SMILES string of the molecule is CCCCS(=O)(=O)NCC(=O)N1CCN(c2ncccn2)CC1. The molecule has 0 bridgehead atoms. The summed E-state index contributed by atoms with van der Waals surface area (Å²) in [6.45, 7) is 4.10. The minimum atomic E-state index is -3.36. The van der Waals surface area contributed by atoms with Gasteiger partial charge in [-0.3, -0.25) is 4.79 Å². The van der Waals surface area contributed by atoms with Gasteiger partial charge < -0.3 is 9.80 Å². The van der Waals surface area contributed by atoms with Crippen LogP contribution in [-0.4, -0.2) is 67.7 Å². The molecule has 1 saturated heterocycles. The fourth-order valence-electron chi connectivity index (χ4n) is 2.30. The minimum Gasteiger partial charge on any atom is -0.338 e. The molecule has 1 aromatic heterocycles. The number of nitrogens with zero attached hydrogens (tertiary/aromatic N) is 4. The van der Waals surface area contributed by atoms with Gasteiger partial charge in [-0.05, 0) is 12.5 Å². The summed E-state index contributed by atoms with van der Waals surface area (Å²) < 4.78 is 25.8. The van der Waals surface area contributed by atoms with Gasteiger partial charge in [-0.2, -0.15) is 0 Å². The van der Waals surface area contributed by atoms with Crippen molar-refractivity contribution in [3.63, 3.8) is 0 Å². The average molecular weight is 341 g/mol. The zero-order valence-corrected chi connectivity index (χ0v) is 14.1. The third kappa shape index (κ3) is 5.43. The molecule has 0 unspecified atom stereocenters. The maximum atomic E-state index is 12.1. The lowest BCUT2D eigenvalue weighted by molar-refractivity contribution is -0.130. The Balaban J connectivity index is 1.78. The molecule has 8 nitrogen and oxygen atoms in total. The number of hydrogen-bond donors (Lipinski definition) is 1. The van der Waals surface area contributed by atoms with Gasteiger partial charge >= 0.3 is 0 Å². The van der Waals surface area contributed by atoms with Gasteiger partial charge in [0.25, 0.3) is 0 Å². The van der Waals surface area contributed by atoms with E-state index in [1.165, 1.54) is 0 Å². The highest BCUT2D eigenvalue weighted by Gasteiger charge is 2.23. The van der Waals surface area contributed by atoms with E-state index in [-0.39, 0.29) is 18.2 Å². The zero-order chi connectivity index (χ0) is 16.7. The van der Waals surface area contributed by atoms with Crippen LogP contribution in [0.1, 0.15) is 19.8 Å². The Kier molecular flexibility index (Phi) is 6.28. The first-order valence-electron chi connectivity index (χ1n) is 7.79. The number of anilines is 1. The van der Waals surface area contributed by atoms with Crippen molar-refractivity contribution in [1.29, 1.82) is 0 Å². The van der Waals surface area contributed by atoms with E-state index >= 15 is 0 Å². The first-order chi connectivity index (χ1) is 11.0. The van der Waals surface area contributed by atoms with Crippen molar-refractivity contribution < 1.29 is 13.2 Å². The molecule has 0 aliphatic carbocycles. The Morgan fingerprint density at radius 2 is 1.87 bits per heavy atom. The van der Waals surface area contributed by atoms with Crippen molar-refractivity contribution in [3.8, 4) is 0 Å². The van der Waals surface area contributed by atoms with Gasteiger partial charge in [0.2, 0.25) is 21.9 Å². The molecule has 1 fully saturated rings. The molecule has 9 heteroatoms. The van der Waals surface area contributed by atoms with E-state index in [1.54, 1.807) is 23.4 Å². The first kappa shape index (κ1) is 17.6. The summed E-state index contributed by atoms with van der Waals surface area (Å²) in [6.07, 6.45) is 4.77. The van der Waals surface area contributed by atoms with E-state index in [9.17, 15) is 13.2 Å². The van der Waals surface area contributed by atoms with Gasteiger partial charge in [0.05, 0.1) is 12.3 Å². The molecule has 1 aliphatic rings. The largest absolute Gasteiger partial charge is 0.338 e. The number of hydrogen-bond acceptors (Lipinski definition) is 6. The molecule has 0 saturated carbocycles. The molecule has 1 aromatic rings. The number of carbonyl (C=O) groups excluding carboxylic acids is 1. The zero-order valence-electron chi connectivity index (χ0n) is 13.3. The molecule has 0 spiro atoms. The summed E-state index contributed by atoms with van der Waals surface area (Å²) in [5.74, 6) is 0.522. The summed E-state index contributed by atoms with van der Waals surface area (Å²) in [5.41, 5.74) is 0. The van der Waals surface area contributed by atoms with Crippen LogP contribution < -0.4 is 9.62 Å². The Morgan fingerprint density at radius 3 is 2.48 bits per heavy atom. The number of amides is 1. The molecule has 0 radical (unpaired) electrons. The minimum absolute atomic E-state index is 0.0654. The van der Waals surface area contributed by atoms with E-state index in [1.807, 2.05) is 11.8 Å². The smallest absolute Gasteiger partial charge is 0.237 e. The van der Waals surface area contributed by atoms with Gasteiger partial charge in [-0.1, -0.05) is 13.3 Å². The number of carbonyl (C=O) groups is 1. The van der Waals surface area contributed by atoms with E-state index < -0.39 is 10.0 Å². The highest BCUT2D eigenvalue weighted by atomic mass is 32.2. The van der Waals surface area contributed by atoms with Gasteiger partial charge in [-0.25, -0.2) is 23.1 Å². The number of unbranched alkanes of at least 4 members (excludes halogenated alkanes) is 1. The van der Waals surface area contributed by atoms with Crippen molar-refractivity contribution in [1.82, 2.24) is 19.6 Å². The van der Waals surface area contributed by atoms with Gasteiger partial charge in [0, 0.05) is 38.6 Å². The van der Waals surface area contributed by atoms with Crippen molar-refractivity contribution in [2.75, 3.05) is 43.4 Å². The fourth-order valence-corrected chi connectivity index (χ4v) is 3.46. The molecule has 0 atom stereocenters. The lowest BCUT2D eigenvalue weighted by Gasteiger charge is -2.34. The second-order valence-corrected chi connectivity index (χ2v) is 7.34. The molecular formula is C14H23N5O3S. The summed E-state index contributed by atoms with van der Waals surface area (Å²) in [7, 11) is -3.36. The summed E-state index contributed by atoms with van der Waals surface area (Å²) >= 11 is 0. The van der Waals surface area contributed by atoms with E-state index in [4.69, 9.17) is 0 Å². The highest BCUT2D eigenvalue weighted by molar-refractivity contribution is 7.89. The second-order valence-electron chi connectivity index (χ2n) is 5.41.